The molecule has 1 amide bonds. The molecule has 0 radical (unpaired) electrons. The van der Waals surface area contributed by atoms with Gasteiger partial charge in [-0.2, -0.15) is 0 Å². The third-order valence-electron chi connectivity index (χ3n) is 4.02. The third kappa shape index (κ3) is 3.58. The Kier molecular flexibility index (Phi) is 5.15. The number of fused-ring (bicyclic) bond motifs is 1. The minimum absolute atomic E-state index is 0.109. The van der Waals surface area contributed by atoms with Crippen LogP contribution in [0.15, 0.2) is 24.3 Å². The van der Waals surface area contributed by atoms with E-state index in [2.05, 4.69) is 29.7 Å². The number of amides is 1. The van der Waals surface area contributed by atoms with E-state index in [1.807, 2.05) is 19.1 Å². The van der Waals surface area contributed by atoms with E-state index in [0.717, 1.165) is 12.8 Å². The molecule has 20 heavy (non-hydrogen) atoms. The van der Waals surface area contributed by atoms with Gasteiger partial charge < -0.3 is 16.4 Å². The van der Waals surface area contributed by atoms with Crippen LogP contribution in [0.3, 0.4) is 0 Å². The maximum absolute atomic E-state index is 11.7. The maximum Gasteiger partial charge on any atom is 0.221 e. The molecular formula is C16H25N3O. The Morgan fingerprint density at radius 1 is 1.40 bits per heavy atom. The average molecular weight is 275 g/mol. The molecule has 0 bridgehead atoms. The smallest absolute Gasteiger partial charge is 0.221 e. The van der Waals surface area contributed by atoms with Gasteiger partial charge in [0.25, 0.3) is 0 Å². The fourth-order valence-electron chi connectivity index (χ4n) is 2.68. The summed E-state index contributed by atoms with van der Waals surface area (Å²) in [6.07, 6.45) is 2.38. The average Bonchev–Trinajstić information content (AvgIpc) is 2.76. The molecule has 0 spiro atoms. The minimum atomic E-state index is 0.109. The summed E-state index contributed by atoms with van der Waals surface area (Å²) in [5.74, 6) is 0.113. The zero-order valence-electron chi connectivity index (χ0n) is 12.4. The number of benzene rings is 1. The molecule has 1 aliphatic carbocycles. The summed E-state index contributed by atoms with van der Waals surface area (Å²) in [7, 11) is 0. The zero-order valence-corrected chi connectivity index (χ0v) is 12.4. The molecule has 0 saturated heterocycles. The highest BCUT2D eigenvalue weighted by atomic mass is 16.1. The number of nitrogens with two attached hydrogens (primary N) is 1. The van der Waals surface area contributed by atoms with Gasteiger partial charge in [0.15, 0.2) is 0 Å². The topological polar surface area (TPSA) is 67.2 Å². The van der Waals surface area contributed by atoms with Crippen molar-refractivity contribution in [3.8, 4) is 0 Å². The molecule has 0 aliphatic heterocycles. The van der Waals surface area contributed by atoms with Crippen LogP contribution in [0.4, 0.5) is 0 Å². The van der Waals surface area contributed by atoms with Gasteiger partial charge >= 0.3 is 0 Å². The highest BCUT2D eigenvalue weighted by molar-refractivity contribution is 5.76. The van der Waals surface area contributed by atoms with Crippen LogP contribution in [-0.4, -0.2) is 18.5 Å². The van der Waals surface area contributed by atoms with Crippen LogP contribution in [-0.2, 0) is 4.79 Å². The van der Waals surface area contributed by atoms with E-state index in [0.29, 0.717) is 13.0 Å². The van der Waals surface area contributed by atoms with E-state index in [9.17, 15) is 4.79 Å². The molecular weight excluding hydrogens is 250 g/mol. The van der Waals surface area contributed by atoms with E-state index in [-0.39, 0.29) is 24.0 Å². The van der Waals surface area contributed by atoms with Crippen molar-refractivity contribution in [2.24, 2.45) is 5.73 Å². The molecule has 1 aromatic rings. The van der Waals surface area contributed by atoms with Gasteiger partial charge in [-0.15, -0.1) is 0 Å². The fourth-order valence-corrected chi connectivity index (χ4v) is 2.68. The molecule has 0 fully saturated rings. The first kappa shape index (κ1) is 15.0. The molecule has 4 heteroatoms. The van der Waals surface area contributed by atoms with Crippen LogP contribution in [0.1, 0.15) is 56.3 Å². The standard InChI is InChI=1S/C16H25N3O/c1-3-11(2)19-16(20)8-9-18-15-10-14(17)12-6-4-5-7-13(12)15/h4-7,11,14-15,18H,3,8-10,17H2,1-2H3,(H,19,20). The van der Waals surface area contributed by atoms with Gasteiger partial charge in [0.2, 0.25) is 5.91 Å². The van der Waals surface area contributed by atoms with E-state index in [1.54, 1.807) is 0 Å². The van der Waals surface area contributed by atoms with Crippen molar-refractivity contribution in [2.75, 3.05) is 6.54 Å². The van der Waals surface area contributed by atoms with Gasteiger partial charge in [-0.1, -0.05) is 31.2 Å². The molecule has 3 unspecified atom stereocenters. The van der Waals surface area contributed by atoms with Crippen LogP contribution < -0.4 is 16.4 Å². The van der Waals surface area contributed by atoms with Crippen molar-refractivity contribution in [2.45, 2.75) is 51.2 Å². The van der Waals surface area contributed by atoms with Gasteiger partial charge in [0.1, 0.15) is 0 Å². The maximum atomic E-state index is 11.7. The van der Waals surface area contributed by atoms with Crippen molar-refractivity contribution in [1.82, 2.24) is 10.6 Å². The summed E-state index contributed by atoms with van der Waals surface area (Å²) in [6, 6.07) is 8.93. The quantitative estimate of drug-likeness (QED) is 0.744. The highest BCUT2D eigenvalue weighted by Crippen LogP contribution is 2.36. The van der Waals surface area contributed by atoms with Crippen LogP contribution in [0, 0.1) is 0 Å². The summed E-state index contributed by atoms with van der Waals surface area (Å²) < 4.78 is 0. The van der Waals surface area contributed by atoms with Crippen molar-refractivity contribution in [3.05, 3.63) is 35.4 Å². The lowest BCUT2D eigenvalue weighted by molar-refractivity contribution is -0.121. The largest absolute Gasteiger partial charge is 0.354 e. The Labute approximate surface area is 121 Å². The number of rotatable bonds is 6. The summed E-state index contributed by atoms with van der Waals surface area (Å²) in [5.41, 5.74) is 8.64. The third-order valence-corrected chi connectivity index (χ3v) is 4.02. The predicted octanol–water partition coefficient (Wildman–Crippen LogP) is 2.03. The normalized spacial score (nSPS) is 22.4. The van der Waals surface area contributed by atoms with Crippen LogP contribution in [0.5, 0.6) is 0 Å². The minimum Gasteiger partial charge on any atom is -0.354 e. The van der Waals surface area contributed by atoms with E-state index >= 15 is 0 Å². The number of carbonyl (C=O) groups is 1. The van der Waals surface area contributed by atoms with Crippen LogP contribution in [0.25, 0.3) is 0 Å². The summed E-state index contributed by atoms with van der Waals surface area (Å²) in [4.78, 5) is 11.7. The predicted molar refractivity (Wildman–Crippen MR) is 81.2 cm³/mol. The van der Waals surface area contributed by atoms with E-state index in [1.165, 1.54) is 11.1 Å². The van der Waals surface area contributed by atoms with E-state index < -0.39 is 0 Å². The second-order valence-corrected chi connectivity index (χ2v) is 5.60. The lowest BCUT2D eigenvalue weighted by atomic mass is 10.1. The molecule has 1 aromatic carbocycles. The zero-order chi connectivity index (χ0) is 14.5. The first-order valence-corrected chi connectivity index (χ1v) is 7.49. The van der Waals surface area contributed by atoms with Crippen molar-refractivity contribution in [1.29, 1.82) is 0 Å². The number of hydrogen-bond acceptors (Lipinski definition) is 3. The summed E-state index contributed by atoms with van der Waals surface area (Å²) >= 11 is 0. The molecule has 1 aliphatic rings. The number of nitrogens with one attached hydrogen (secondary N) is 2. The summed E-state index contributed by atoms with van der Waals surface area (Å²) in [5, 5.41) is 6.43. The van der Waals surface area contributed by atoms with Crippen LogP contribution in [0.2, 0.25) is 0 Å². The SMILES string of the molecule is CCC(C)NC(=O)CCNC1CC(N)c2ccccc21. The van der Waals surface area contributed by atoms with E-state index in [4.69, 9.17) is 5.73 Å². The van der Waals surface area contributed by atoms with Crippen molar-refractivity contribution < 1.29 is 4.79 Å². The summed E-state index contributed by atoms with van der Waals surface area (Å²) in [6.45, 7) is 4.78. The molecule has 4 nitrogen and oxygen atoms in total. The Hall–Kier alpha value is -1.39. The monoisotopic (exact) mass is 275 g/mol. The lowest BCUT2D eigenvalue weighted by Crippen LogP contribution is -2.34. The van der Waals surface area contributed by atoms with Gasteiger partial charge in [-0.3, -0.25) is 4.79 Å². The molecule has 4 N–H and O–H groups in total. The fraction of sp³-hybridized carbons (Fsp3) is 0.562. The van der Waals surface area contributed by atoms with Crippen LogP contribution >= 0.6 is 0 Å². The molecule has 0 aromatic heterocycles. The second kappa shape index (κ2) is 6.86. The highest BCUT2D eigenvalue weighted by Gasteiger charge is 2.27. The Balaban J connectivity index is 1.80. The molecule has 110 valence electrons. The number of hydrogen-bond donors (Lipinski definition) is 3. The molecule has 3 atom stereocenters. The first-order valence-electron chi connectivity index (χ1n) is 7.49. The van der Waals surface area contributed by atoms with Gasteiger partial charge in [0.05, 0.1) is 0 Å². The van der Waals surface area contributed by atoms with Crippen molar-refractivity contribution >= 4 is 5.91 Å². The number of carbonyl (C=O) groups excluding carboxylic acids is 1. The molecule has 2 rings (SSSR count). The first-order chi connectivity index (χ1) is 9.61. The van der Waals surface area contributed by atoms with Gasteiger partial charge in [-0.25, -0.2) is 0 Å². The Morgan fingerprint density at radius 2 is 2.10 bits per heavy atom. The molecule has 0 saturated carbocycles. The second-order valence-electron chi connectivity index (χ2n) is 5.60. The lowest BCUT2D eigenvalue weighted by Gasteiger charge is -2.15. The Bertz CT molecular complexity index is 461. The van der Waals surface area contributed by atoms with Gasteiger partial charge in [0, 0.05) is 31.1 Å². The Morgan fingerprint density at radius 3 is 2.80 bits per heavy atom. The molecule has 0 heterocycles. The van der Waals surface area contributed by atoms with Gasteiger partial charge in [-0.05, 0) is 30.9 Å². The van der Waals surface area contributed by atoms with Crippen molar-refractivity contribution in [3.63, 3.8) is 0 Å².